The molecule has 0 saturated carbocycles. The standard InChI is InChI=1S/C15H24BrN3/c1-5-12(11-18-15(17-2)19(3)4)9-13-7-6-8-14(16)10-13/h6-8,10,12H,5,9,11H2,1-4H3,(H,17,18). The SMILES string of the molecule is CCC(CNC(=NC)N(C)C)Cc1cccc(Br)c1. The molecule has 1 unspecified atom stereocenters. The zero-order valence-corrected chi connectivity index (χ0v) is 13.9. The lowest BCUT2D eigenvalue weighted by Crippen LogP contribution is -2.39. The highest BCUT2D eigenvalue weighted by Crippen LogP contribution is 2.16. The van der Waals surface area contributed by atoms with E-state index in [0.29, 0.717) is 5.92 Å². The van der Waals surface area contributed by atoms with Crippen LogP contribution in [0.4, 0.5) is 0 Å². The molecule has 0 aliphatic carbocycles. The van der Waals surface area contributed by atoms with Gasteiger partial charge in [-0.05, 0) is 30.0 Å². The first-order valence-corrected chi connectivity index (χ1v) is 7.48. The van der Waals surface area contributed by atoms with Crippen molar-refractivity contribution in [1.82, 2.24) is 10.2 Å². The Kier molecular flexibility index (Phi) is 6.92. The van der Waals surface area contributed by atoms with Gasteiger partial charge in [-0.1, -0.05) is 41.4 Å². The summed E-state index contributed by atoms with van der Waals surface area (Å²) in [7, 11) is 5.83. The van der Waals surface area contributed by atoms with Crippen LogP contribution in [0.5, 0.6) is 0 Å². The Labute approximate surface area is 125 Å². The smallest absolute Gasteiger partial charge is 0.193 e. The van der Waals surface area contributed by atoms with Crippen LogP contribution in [0.3, 0.4) is 0 Å². The molecule has 0 fully saturated rings. The van der Waals surface area contributed by atoms with E-state index in [0.717, 1.165) is 29.8 Å². The predicted molar refractivity (Wildman–Crippen MR) is 86.7 cm³/mol. The molecule has 1 aromatic rings. The highest BCUT2D eigenvalue weighted by Gasteiger charge is 2.09. The van der Waals surface area contributed by atoms with E-state index < -0.39 is 0 Å². The molecule has 4 heteroatoms. The summed E-state index contributed by atoms with van der Waals surface area (Å²) in [5, 5.41) is 3.42. The number of hydrogen-bond donors (Lipinski definition) is 1. The summed E-state index contributed by atoms with van der Waals surface area (Å²) in [5.41, 5.74) is 1.38. The van der Waals surface area contributed by atoms with Gasteiger partial charge in [-0.2, -0.15) is 0 Å². The van der Waals surface area contributed by atoms with Crippen molar-refractivity contribution in [2.24, 2.45) is 10.9 Å². The lowest BCUT2D eigenvalue weighted by Gasteiger charge is -2.21. The Hall–Kier alpha value is -1.03. The van der Waals surface area contributed by atoms with Gasteiger partial charge in [0, 0.05) is 32.2 Å². The fraction of sp³-hybridized carbons (Fsp3) is 0.533. The highest BCUT2D eigenvalue weighted by atomic mass is 79.9. The topological polar surface area (TPSA) is 27.6 Å². The van der Waals surface area contributed by atoms with Crippen molar-refractivity contribution in [2.75, 3.05) is 27.7 Å². The van der Waals surface area contributed by atoms with Crippen molar-refractivity contribution >= 4 is 21.9 Å². The molecule has 0 spiro atoms. The third kappa shape index (κ3) is 5.64. The lowest BCUT2D eigenvalue weighted by atomic mass is 9.97. The molecule has 106 valence electrons. The van der Waals surface area contributed by atoms with Crippen LogP contribution in [0, 0.1) is 5.92 Å². The second-order valence-electron chi connectivity index (χ2n) is 4.93. The van der Waals surface area contributed by atoms with E-state index >= 15 is 0 Å². The average molecular weight is 326 g/mol. The van der Waals surface area contributed by atoms with Crippen molar-refractivity contribution in [2.45, 2.75) is 19.8 Å². The highest BCUT2D eigenvalue weighted by molar-refractivity contribution is 9.10. The quantitative estimate of drug-likeness (QED) is 0.665. The molecule has 0 aromatic heterocycles. The number of halogens is 1. The van der Waals surface area contributed by atoms with Crippen molar-refractivity contribution in [3.63, 3.8) is 0 Å². The number of nitrogens with one attached hydrogen (secondary N) is 1. The third-order valence-corrected chi connectivity index (χ3v) is 3.67. The minimum Gasteiger partial charge on any atom is -0.356 e. The molecule has 0 heterocycles. The maximum absolute atomic E-state index is 4.24. The third-order valence-electron chi connectivity index (χ3n) is 3.18. The molecule has 0 aliphatic heterocycles. The second-order valence-corrected chi connectivity index (χ2v) is 5.85. The predicted octanol–water partition coefficient (Wildman–Crippen LogP) is 3.15. The van der Waals surface area contributed by atoms with Gasteiger partial charge in [-0.3, -0.25) is 4.99 Å². The van der Waals surface area contributed by atoms with Gasteiger partial charge in [0.05, 0.1) is 0 Å². The molecule has 1 N–H and O–H groups in total. The summed E-state index contributed by atoms with van der Waals surface area (Å²) in [4.78, 5) is 6.24. The number of benzene rings is 1. The van der Waals surface area contributed by atoms with Crippen LogP contribution in [0.15, 0.2) is 33.7 Å². The summed E-state index contributed by atoms with van der Waals surface area (Å²) in [5.74, 6) is 1.55. The molecule has 0 saturated heterocycles. The Morgan fingerprint density at radius 2 is 2.16 bits per heavy atom. The largest absolute Gasteiger partial charge is 0.356 e. The zero-order chi connectivity index (χ0) is 14.3. The zero-order valence-electron chi connectivity index (χ0n) is 12.3. The molecule has 0 aliphatic rings. The van der Waals surface area contributed by atoms with Crippen LogP contribution in [-0.4, -0.2) is 38.5 Å². The average Bonchev–Trinajstić information content (AvgIpc) is 2.37. The summed E-state index contributed by atoms with van der Waals surface area (Å²) in [6, 6.07) is 8.55. The van der Waals surface area contributed by atoms with Crippen LogP contribution in [-0.2, 0) is 6.42 Å². The minimum atomic E-state index is 0.617. The number of rotatable bonds is 5. The normalized spacial score (nSPS) is 13.2. The van der Waals surface area contributed by atoms with E-state index in [9.17, 15) is 0 Å². The van der Waals surface area contributed by atoms with E-state index in [-0.39, 0.29) is 0 Å². The van der Waals surface area contributed by atoms with E-state index in [1.165, 1.54) is 5.56 Å². The first-order chi connectivity index (χ1) is 9.06. The molecule has 3 nitrogen and oxygen atoms in total. The van der Waals surface area contributed by atoms with Gasteiger partial charge < -0.3 is 10.2 Å². The van der Waals surface area contributed by atoms with Gasteiger partial charge in [0.25, 0.3) is 0 Å². The van der Waals surface area contributed by atoms with Gasteiger partial charge in [-0.25, -0.2) is 0 Å². The van der Waals surface area contributed by atoms with E-state index in [2.05, 4.69) is 57.4 Å². The van der Waals surface area contributed by atoms with Crippen molar-refractivity contribution in [1.29, 1.82) is 0 Å². The van der Waals surface area contributed by atoms with Crippen LogP contribution in [0.1, 0.15) is 18.9 Å². The van der Waals surface area contributed by atoms with Crippen LogP contribution >= 0.6 is 15.9 Å². The number of aliphatic imine (C=N–C) groups is 1. The number of nitrogens with zero attached hydrogens (tertiary/aromatic N) is 2. The molecule has 1 atom stereocenters. The molecule has 1 rings (SSSR count). The van der Waals surface area contributed by atoms with Crippen LogP contribution in [0.25, 0.3) is 0 Å². The number of guanidine groups is 1. The maximum Gasteiger partial charge on any atom is 0.193 e. The van der Waals surface area contributed by atoms with Gasteiger partial charge in [-0.15, -0.1) is 0 Å². The van der Waals surface area contributed by atoms with Crippen LogP contribution in [0.2, 0.25) is 0 Å². The summed E-state index contributed by atoms with van der Waals surface area (Å²) >= 11 is 3.53. The van der Waals surface area contributed by atoms with E-state index in [1.54, 1.807) is 0 Å². The summed E-state index contributed by atoms with van der Waals surface area (Å²) in [6.07, 6.45) is 2.25. The first-order valence-electron chi connectivity index (χ1n) is 6.69. The Morgan fingerprint density at radius 1 is 1.42 bits per heavy atom. The van der Waals surface area contributed by atoms with Crippen molar-refractivity contribution in [3.05, 3.63) is 34.3 Å². The van der Waals surface area contributed by atoms with Gasteiger partial charge in [0.15, 0.2) is 5.96 Å². The molecular formula is C15H24BrN3. The molecule has 1 aromatic carbocycles. The number of hydrogen-bond acceptors (Lipinski definition) is 1. The fourth-order valence-electron chi connectivity index (χ4n) is 2.03. The van der Waals surface area contributed by atoms with Crippen molar-refractivity contribution < 1.29 is 0 Å². The molecule has 0 amide bonds. The summed E-state index contributed by atoms with van der Waals surface area (Å²) in [6.45, 7) is 3.19. The lowest BCUT2D eigenvalue weighted by molar-refractivity contribution is 0.478. The van der Waals surface area contributed by atoms with Crippen LogP contribution < -0.4 is 5.32 Å². The van der Waals surface area contributed by atoms with Gasteiger partial charge >= 0.3 is 0 Å². The van der Waals surface area contributed by atoms with E-state index in [4.69, 9.17) is 0 Å². The maximum atomic E-state index is 4.24. The van der Waals surface area contributed by atoms with Gasteiger partial charge in [0.2, 0.25) is 0 Å². The molecule has 0 bridgehead atoms. The Bertz CT molecular complexity index is 416. The fourth-order valence-corrected chi connectivity index (χ4v) is 2.48. The first kappa shape index (κ1) is 16.0. The molecule has 19 heavy (non-hydrogen) atoms. The van der Waals surface area contributed by atoms with Crippen molar-refractivity contribution in [3.8, 4) is 0 Å². The molecule has 0 radical (unpaired) electrons. The second kappa shape index (κ2) is 8.20. The van der Waals surface area contributed by atoms with Gasteiger partial charge in [0.1, 0.15) is 0 Å². The Morgan fingerprint density at radius 3 is 2.68 bits per heavy atom. The Balaban J connectivity index is 2.55. The summed E-state index contributed by atoms with van der Waals surface area (Å²) < 4.78 is 1.15. The monoisotopic (exact) mass is 325 g/mol. The molecular weight excluding hydrogens is 302 g/mol. The minimum absolute atomic E-state index is 0.617. The van der Waals surface area contributed by atoms with E-state index in [1.807, 2.05) is 26.0 Å².